The van der Waals surface area contributed by atoms with E-state index in [2.05, 4.69) is 29.0 Å². The van der Waals surface area contributed by atoms with Gasteiger partial charge in [0.15, 0.2) is 5.13 Å². The van der Waals surface area contributed by atoms with E-state index in [1.54, 1.807) is 16.2 Å². The number of thiazole rings is 1. The fourth-order valence-electron chi connectivity index (χ4n) is 4.27. The van der Waals surface area contributed by atoms with Gasteiger partial charge in [-0.1, -0.05) is 6.07 Å². The molecule has 7 nitrogen and oxygen atoms in total. The standard InChI is InChI=1S/C21H28N4O3S2/c1-14-10-24(11-15(2)28-14)12-16-13-30-21(22-16)23-20(27)18-6-3-7-25(18)19(26)9-17-5-4-8-29-17/h4-5,8,13-15,18H,3,6-7,9-12H2,1-2H3,(H,22,23,27). The molecule has 0 spiro atoms. The van der Waals surface area contributed by atoms with Crippen LogP contribution in [-0.4, -0.2) is 64.5 Å². The van der Waals surface area contributed by atoms with Gasteiger partial charge in [-0.25, -0.2) is 4.98 Å². The number of morpholine rings is 1. The Labute approximate surface area is 185 Å². The number of carbonyl (C=O) groups is 2. The Hall–Kier alpha value is -1.81. The summed E-state index contributed by atoms with van der Waals surface area (Å²) in [5.74, 6) is -0.118. The van der Waals surface area contributed by atoms with Crippen LogP contribution in [0.15, 0.2) is 22.9 Å². The third kappa shape index (κ3) is 5.26. The van der Waals surface area contributed by atoms with E-state index in [-0.39, 0.29) is 24.0 Å². The highest BCUT2D eigenvalue weighted by atomic mass is 32.1. The lowest BCUT2D eigenvalue weighted by Crippen LogP contribution is -2.44. The molecular weight excluding hydrogens is 420 g/mol. The quantitative estimate of drug-likeness (QED) is 0.735. The van der Waals surface area contributed by atoms with Crippen molar-refractivity contribution >= 4 is 39.6 Å². The molecule has 0 bridgehead atoms. The zero-order valence-electron chi connectivity index (χ0n) is 17.4. The number of ether oxygens (including phenoxy) is 1. The van der Waals surface area contributed by atoms with E-state index < -0.39 is 6.04 Å². The van der Waals surface area contributed by atoms with Crippen molar-refractivity contribution in [2.45, 2.75) is 57.9 Å². The van der Waals surface area contributed by atoms with E-state index in [1.807, 2.05) is 22.9 Å². The van der Waals surface area contributed by atoms with E-state index in [4.69, 9.17) is 4.74 Å². The summed E-state index contributed by atoms with van der Waals surface area (Å²) in [5, 5.41) is 7.50. The van der Waals surface area contributed by atoms with E-state index in [0.29, 0.717) is 24.5 Å². The number of likely N-dealkylation sites (tertiary alicyclic amines) is 1. The van der Waals surface area contributed by atoms with Crippen LogP contribution in [0.4, 0.5) is 5.13 Å². The minimum Gasteiger partial charge on any atom is -0.373 e. The molecule has 30 heavy (non-hydrogen) atoms. The third-order valence-corrected chi connectivity index (χ3v) is 7.13. The molecule has 2 aromatic heterocycles. The first-order chi connectivity index (χ1) is 14.5. The number of hydrogen-bond acceptors (Lipinski definition) is 7. The van der Waals surface area contributed by atoms with Gasteiger partial charge >= 0.3 is 0 Å². The van der Waals surface area contributed by atoms with E-state index in [1.165, 1.54) is 11.3 Å². The molecule has 4 rings (SSSR count). The summed E-state index contributed by atoms with van der Waals surface area (Å²) in [7, 11) is 0. The Morgan fingerprint density at radius 2 is 2.07 bits per heavy atom. The molecule has 2 saturated heterocycles. The van der Waals surface area contributed by atoms with Crippen LogP contribution >= 0.6 is 22.7 Å². The zero-order chi connectivity index (χ0) is 21.1. The van der Waals surface area contributed by atoms with Gasteiger partial charge in [-0.3, -0.25) is 14.5 Å². The molecule has 1 N–H and O–H groups in total. The van der Waals surface area contributed by atoms with Crippen LogP contribution in [0.1, 0.15) is 37.3 Å². The van der Waals surface area contributed by atoms with E-state index in [0.717, 1.165) is 36.6 Å². The Kier molecular flexibility index (Phi) is 6.82. The van der Waals surface area contributed by atoms with Crippen molar-refractivity contribution < 1.29 is 14.3 Å². The predicted molar refractivity (Wildman–Crippen MR) is 119 cm³/mol. The molecule has 3 unspecified atom stereocenters. The minimum absolute atomic E-state index is 0.0190. The highest BCUT2D eigenvalue weighted by molar-refractivity contribution is 7.14. The average molecular weight is 449 g/mol. The summed E-state index contributed by atoms with van der Waals surface area (Å²) in [5.41, 5.74) is 0.952. The van der Waals surface area contributed by atoms with Crippen LogP contribution in [0.3, 0.4) is 0 Å². The minimum atomic E-state index is -0.411. The monoisotopic (exact) mass is 448 g/mol. The number of hydrogen-bond donors (Lipinski definition) is 1. The van der Waals surface area contributed by atoms with Crippen LogP contribution in [0.5, 0.6) is 0 Å². The number of aromatic nitrogens is 1. The SMILES string of the molecule is CC1CN(Cc2csc(NC(=O)C3CCCN3C(=O)Cc3cccs3)n2)CC(C)O1. The number of nitrogens with zero attached hydrogens (tertiary/aromatic N) is 3. The van der Waals surface area contributed by atoms with Crippen molar-refractivity contribution in [3.63, 3.8) is 0 Å². The van der Waals surface area contributed by atoms with Crippen molar-refractivity contribution in [1.29, 1.82) is 0 Å². The Bertz CT molecular complexity index is 859. The fraction of sp³-hybridized carbons (Fsp3) is 0.571. The summed E-state index contributed by atoms with van der Waals surface area (Å²) < 4.78 is 5.78. The number of amides is 2. The molecule has 0 radical (unpaired) electrons. The van der Waals surface area contributed by atoms with Crippen molar-refractivity contribution in [2.75, 3.05) is 25.0 Å². The second kappa shape index (κ2) is 9.55. The van der Waals surface area contributed by atoms with Crippen molar-refractivity contribution in [3.05, 3.63) is 33.5 Å². The molecular formula is C21H28N4O3S2. The maximum atomic E-state index is 12.9. The van der Waals surface area contributed by atoms with Crippen molar-refractivity contribution in [3.8, 4) is 0 Å². The smallest absolute Gasteiger partial charge is 0.248 e. The fourth-order valence-corrected chi connectivity index (χ4v) is 5.67. The van der Waals surface area contributed by atoms with Gasteiger partial charge in [-0.05, 0) is 38.1 Å². The van der Waals surface area contributed by atoms with Crippen LogP contribution in [-0.2, 0) is 27.3 Å². The van der Waals surface area contributed by atoms with E-state index in [9.17, 15) is 9.59 Å². The molecule has 2 aliphatic heterocycles. The lowest BCUT2D eigenvalue weighted by atomic mass is 10.2. The zero-order valence-corrected chi connectivity index (χ0v) is 19.0. The molecule has 0 aliphatic carbocycles. The van der Waals surface area contributed by atoms with Gasteiger partial charge in [0.25, 0.3) is 0 Å². The largest absolute Gasteiger partial charge is 0.373 e. The molecule has 9 heteroatoms. The number of rotatable bonds is 6. The molecule has 0 saturated carbocycles. The molecule has 3 atom stereocenters. The maximum absolute atomic E-state index is 12.9. The first kappa shape index (κ1) is 21.4. The predicted octanol–water partition coefficient (Wildman–Crippen LogP) is 2.99. The van der Waals surface area contributed by atoms with Crippen molar-refractivity contribution in [1.82, 2.24) is 14.8 Å². The molecule has 4 heterocycles. The van der Waals surface area contributed by atoms with Gasteiger partial charge < -0.3 is 15.0 Å². The van der Waals surface area contributed by atoms with Gasteiger partial charge in [0.1, 0.15) is 6.04 Å². The number of thiophene rings is 1. The molecule has 2 aromatic rings. The lowest BCUT2D eigenvalue weighted by molar-refractivity contribution is -0.136. The van der Waals surface area contributed by atoms with Gasteiger partial charge in [0, 0.05) is 36.4 Å². The number of anilines is 1. The highest BCUT2D eigenvalue weighted by Gasteiger charge is 2.34. The Morgan fingerprint density at radius 3 is 2.80 bits per heavy atom. The summed E-state index contributed by atoms with van der Waals surface area (Å²) in [6.45, 7) is 7.32. The molecule has 162 valence electrons. The van der Waals surface area contributed by atoms with Crippen LogP contribution in [0.2, 0.25) is 0 Å². The molecule has 2 amide bonds. The van der Waals surface area contributed by atoms with Crippen molar-refractivity contribution in [2.24, 2.45) is 0 Å². The van der Waals surface area contributed by atoms with Gasteiger partial charge in [0.05, 0.1) is 24.3 Å². The second-order valence-corrected chi connectivity index (χ2v) is 9.98. The van der Waals surface area contributed by atoms with Crippen LogP contribution < -0.4 is 5.32 Å². The Morgan fingerprint density at radius 1 is 1.27 bits per heavy atom. The number of nitrogens with one attached hydrogen (secondary N) is 1. The topological polar surface area (TPSA) is 74.8 Å². The Balaban J connectivity index is 1.32. The summed E-state index contributed by atoms with van der Waals surface area (Å²) >= 11 is 3.01. The first-order valence-corrected chi connectivity index (χ1v) is 12.2. The normalized spacial score (nSPS) is 24.9. The van der Waals surface area contributed by atoms with Gasteiger partial charge in [0.2, 0.25) is 11.8 Å². The van der Waals surface area contributed by atoms with Gasteiger partial charge in [-0.15, -0.1) is 22.7 Å². The average Bonchev–Trinajstić information content (AvgIpc) is 3.42. The molecule has 2 aliphatic rings. The van der Waals surface area contributed by atoms with Gasteiger partial charge in [-0.2, -0.15) is 0 Å². The maximum Gasteiger partial charge on any atom is 0.248 e. The molecule has 2 fully saturated rings. The van der Waals surface area contributed by atoms with Crippen LogP contribution in [0.25, 0.3) is 0 Å². The first-order valence-electron chi connectivity index (χ1n) is 10.4. The highest BCUT2D eigenvalue weighted by Crippen LogP contribution is 2.24. The summed E-state index contributed by atoms with van der Waals surface area (Å²) in [6.07, 6.45) is 2.34. The summed E-state index contributed by atoms with van der Waals surface area (Å²) in [6, 6.07) is 3.49. The lowest BCUT2D eigenvalue weighted by Gasteiger charge is -2.34. The molecule has 0 aromatic carbocycles. The number of carbonyl (C=O) groups excluding carboxylic acids is 2. The second-order valence-electron chi connectivity index (χ2n) is 8.09. The van der Waals surface area contributed by atoms with Crippen LogP contribution in [0, 0.1) is 0 Å². The summed E-state index contributed by atoms with van der Waals surface area (Å²) in [4.78, 5) is 35.2. The van der Waals surface area contributed by atoms with E-state index >= 15 is 0 Å². The third-order valence-electron chi connectivity index (χ3n) is 5.44.